The molecule has 0 fully saturated rings. The van der Waals surface area contributed by atoms with E-state index >= 15 is 0 Å². The lowest BCUT2D eigenvalue weighted by atomic mass is 10.1. The number of nitriles is 1. The van der Waals surface area contributed by atoms with Crippen molar-refractivity contribution in [2.24, 2.45) is 0 Å². The highest BCUT2D eigenvalue weighted by Gasteiger charge is 2.17. The van der Waals surface area contributed by atoms with Crippen molar-refractivity contribution in [2.45, 2.75) is 20.4 Å². The Hall–Kier alpha value is -4.90. The summed E-state index contributed by atoms with van der Waals surface area (Å²) in [5.41, 5.74) is 4.04. The molecule has 1 N–H and O–H groups in total. The minimum atomic E-state index is -0.506. The molecule has 180 valence electrons. The van der Waals surface area contributed by atoms with Crippen LogP contribution in [0.4, 0.5) is 11.4 Å². The fourth-order valence-corrected chi connectivity index (χ4v) is 4.04. The lowest BCUT2D eigenvalue weighted by Gasteiger charge is -2.09. The van der Waals surface area contributed by atoms with Gasteiger partial charge in [-0.3, -0.25) is 14.9 Å². The van der Waals surface area contributed by atoms with E-state index in [0.717, 1.165) is 27.7 Å². The van der Waals surface area contributed by atoms with Crippen molar-refractivity contribution in [3.8, 4) is 11.8 Å². The van der Waals surface area contributed by atoms with Crippen LogP contribution in [-0.4, -0.2) is 22.0 Å². The monoisotopic (exact) mass is 480 g/mol. The van der Waals surface area contributed by atoms with Crippen molar-refractivity contribution in [2.75, 3.05) is 11.9 Å². The number of para-hydroxylation sites is 1. The second-order valence-corrected chi connectivity index (χ2v) is 8.11. The van der Waals surface area contributed by atoms with Crippen molar-refractivity contribution in [1.82, 2.24) is 4.57 Å². The average molecular weight is 481 g/mol. The number of amides is 1. The topological polar surface area (TPSA) is 110 Å². The molecule has 0 aliphatic carbocycles. The predicted molar refractivity (Wildman–Crippen MR) is 139 cm³/mol. The average Bonchev–Trinajstić information content (AvgIpc) is 3.14. The van der Waals surface area contributed by atoms with E-state index in [9.17, 15) is 20.2 Å². The lowest BCUT2D eigenvalue weighted by Crippen LogP contribution is -2.13. The van der Waals surface area contributed by atoms with Gasteiger partial charge in [0.15, 0.2) is 0 Å². The largest absolute Gasteiger partial charge is 0.494 e. The minimum Gasteiger partial charge on any atom is -0.494 e. The Kier molecular flexibility index (Phi) is 7.12. The van der Waals surface area contributed by atoms with E-state index in [0.29, 0.717) is 24.6 Å². The number of nitrogens with one attached hydrogen (secondary N) is 1. The van der Waals surface area contributed by atoms with Gasteiger partial charge in [0.05, 0.1) is 11.5 Å². The summed E-state index contributed by atoms with van der Waals surface area (Å²) in [6.45, 7) is 4.85. The number of anilines is 1. The van der Waals surface area contributed by atoms with Crippen LogP contribution in [-0.2, 0) is 11.3 Å². The van der Waals surface area contributed by atoms with E-state index in [4.69, 9.17) is 4.74 Å². The Labute approximate surface area is 208 Å². The normalized spacial score (nSPS) is 11.2. The number of non-ortho nitro benzene ring substituents is 1. The third-order valence-electron chi connectivity index (χ3n) is 5.84. The van der Waals surface area contributed by atoms with Crippen LogP contribution in [0.3, 0.4) is 0 Å². The van der Waals surface area contributed by atoms with E-state index in [-0.39, 0.29) is 11.3 Å². The molecule has 1 amide bonds. The highest BCUT2D eigenvalue weighted by Crippen LogP contribution is 2.29. The van der Waals surface area contributed by atoms with Gasteiger partial charge in [-0.05, 0) is 55.8 Å². The van der Waals surface area contributed by atoms with Gasteiger partial charge in [-0.1, -0.05) is 30.3 Å². The van der Waals surface area contributed by atoms with Gasteiger partial charge in [-0.2, -0.15) is 5.26 Å². The Balaban J connectivity index is 1.66. The van der Waals surface area contributed by atoms with Crippen molar-refractivity contribution < 1.29 is 14.5 Å². The molecule has 3 aromatic carbocycles. The third-order valence-corrected chi connectivity index (χ3v) is 5.84. The van der Waals surface area contributed by atoms with Crippen molar-refractivity contribution in [1.29, 1.82) is 5.26 Å². The van der Waals surface area contributed by atoms with Crippen LogP contribution in [0.1, 0.15) is 23.7 Å². The van der Waals surface area contributed by atoms with Crippen LogP contribution in [0.15, 0.2) is 78.4 Å². The summed E-state index contributed by atoms with van der Waals surface area (Å²) in [6.07, 6.45) is 1.61. The first kappa shape index (κ1) is 24.2. The van der Waals surface area contributed by atoms with E-state index in [1.54, 1.807) is 42.5 Å². The molecular weight excluding hydrogens is 456 g/mol. The number of nitro groups is 1. The van der Waals surface area contributed by atoms with Crippen LogP contribution < -0.4 is 10.1 Å². The maximum Gasteiger partial charge on any atom is 0.269 e. The molecule has 0 atom stereocenters. The van der Waals surface area contributed by atoms with E-state index in [1.807, 2.05) is 44.2 Å². The molecule has 0 aliphatic rings. The van der Waals surface area contributed by atoms with Gasteiger partial charge in [0, 0.05) is 46.5 Å². The lowest BCUT2D eigenvalue weighted by molar-refractivity contribution is -0.384. The first-order chi connectivity index (χ1) is 17.4. The molecule has 0 bridgehead atoms. The van der Waals surface area contributed by atoms with Gasteiger partial charge < -0.3 is 14.6 Å². The molecule has 1 heterocycles. The van der Waals surface area contributed by atoms with Crippen molar-refractivity contribution in [3.63, 3.8) is 0 Å². The minimum absolute atomic E-state index is 0.0229. The molecule has 8 heteroatoms. The fourth-order valence-electron chi connectivity index (χ4n) is 4.04. The number of benzene rings is 3. The Morgan fingerprint density at radius 1 is 1.11 bits per heavy atom. The van der Waals surface area contributed by atoms with E-state index in [2.05, 4.69) is 9.88 Å². The van der Waals surface area contributed by atoms with E-state index in [1.165, 1.54) is 12.1 Å². The number of hydrogen-bond donors (Lipinski definition) is 1. The van der Waals surface area contributed by atoms with Crippen LogP contribution in [0, 0.1) is 28.4 Å². The van der Waals surface area contributed by atoms with Crippen LogP contribution in [0.25, 0.3) is 17.0 Å². The van der Waals surface area contributed by atoms with Crippen LogP contribution >= 0.6 is 0 Å². The maximum atomic E-state index is 12.9. The van der Waals surface area contributed by atoms with Crippen LogP contribution in [0.2, 0.25) is 0 Å². The Bertz CT molecular complexity index is 1490. The molecule has 4 aromatic rings. The fraction of sp³-hybridized carbons (Fsp3) is 0.143. The standard InChI is InChI=1S/C28H24N4O4/c1-3-36-24-14-10-22(11-15-24)30-28(33)21(17-29)16-26-19(2)31(27-7-5-4-6-25(26)27)18-20-8-12-23(13-9-20)32(34)35/h4-16H,3,18H2,1-2H3,(H,30,33)/b21-16-. The number of fused-ring (bicyclic) bond motifs is 1. The van der Waals surface area contributed by atoms with Gasteiger partial charge in [-0.15, -0.1) is 0 Å². The number of nitrogens with zero attached hydrogens (tertiary/aromatic N) is 3. The highest BCUT2D eigenvalue weighted by molar-refractivity contribution is 6.11. The molecular formula is C28H24N4O4. The summed E-state index contributed by atoms with van der Waals surface area (Å²) in [6, 6.07) is 23.1. The van der Waals surface area contributed by atoms with Gasteiger partial charge >= 0.3 is 0 Å². The quantitative estimate of drug-likeness (QED) is 0.147. The predicted octanol–water partition coefficient (Wildman–Crippen LogP) is 5.85. The summed E-state index contributed by atoms with van der Waals surface area (Å²) in [7, 11) is 0. The van der Waals surface area contributed by atoms with E-state index < -0.39 is 10.8 Å². The van der Waals surface area contributed by atoms with Gasteiger partial charge in [0.1, 0.15) is 17.4 Å². The first-order valence-corrected chi connectivity index (χ1v) is 11.4. The van der Waals surface area contributed by atoms with Crippen molar-refractivity contribution in [3.05, 3.63) is 105 Å². The Morgan fingerprint density at radius 3 is 2.44 bits per heavy atom. The molecule has 0 unspecified atom stereocenters. The third kappa shape index (κ3) is 5.10. The zero-order valence-corrected chi connectivity index (χ0v) is 19.9. The van der Waals surface area contributed by atoms with Crippen molar-refractivity contribution >= 4 is 34.3 Å². The molecule has 1 aromatic heterocycles. The number of aromatic nitrogens is 1. The highest BCUT2D eigenvalue weighted by atomic mass is 16.6. The molecule has 8 nitrogen and oxygen atoms in total. The maximum absolute atomic E-state index is 12.9. The SMILES string of the molecule is CCOc1ccc(NC(=O)/C(C#N)=C\c2c(C)n(Cc3ccc([N+](=O)[O-])cc3)c3ccccc23)cc1. The zero-order valence-electron chi connectivity index (χ0n) is 19.9. The molecule has 0 radical (unpaired) electrons. The summed E-state index contributed by atoms with van der Waals surface area (Å²) in [4.78, 5) is 23.4. The summed E-state index contributed by atoms with van der Waals surface area (Å²) in [5, 5.41) is 24.4. The first-order valence-electron chi connectivity index (χ1n) is 11.4. The summed E-state index contributed by atoms with van der Waals surface area (Å²) >= 11 is 0. The molecule has 0 saturated carbocycles. The number of rotatable bonds is 8. The number of carbonyl (C=O) groups is 1. The molecule has 0 aliphatic heterocycles. The summed E-state index contributed by atoms with van der Waals surface area (Å²) < 4.78 is 7.49. The van der Waals surface area contributed by atoms with Crippen LogP contribution in [0.5, 0.6) is 5.75 Å². The zero-order chi connectivity index (χ0) is 25.7. The van der Waals surface area contributed by atoms with Gasteiger partial charge in [0.2, 0.25) is 0 Å². The molecule has 36 heavy (non-hydrogen) atoms. The number of carbonyl (C=O) groups excluding carboxylic acids is 1. The Morgan fingerprint density at radius 2 is 1.81 bits per heavy atom. The molecule has 0 spiro atoms. The second kappa shape index (κ2) is 10.6. The number of ether oxygens (including phenoxy) is 1. The smallest absolute Gasteiger partial charge is 0.269 e. The van der Waals surface area contributed by atoms with Gasteiger partial charge in [0.25, 0.3) is 11.6 Å². The summed E-state index contributed by atoms with van der Waals surface area (Å²) in [5.74, 6) is 0.191. The molecule has 4 rings (SSSR count). The van der Waals surface area contributed by atoms with Gasteiger partial charge in [-0.25, -0.2) is 0 Å². The molecule has 0 saturated heterocycles. The number of hydrogen-bond acceptors (Lipinski definition) is 5. The number of nitro benzene ring substituents is 1. The second-order valence-electron chi connectivity index (χ2n) is 8.11.